The zero-order valence-corrected chi connectivity index (χ0v) is 12.8. The Morgan fingerprint density at radius 1 is 1.26 bits per heavy atom. The summed E-state index contributed by atoms with van der Waals surface area (Å²) in [5.74, 6) is 0. The van der Waals surface area contributed by atoms with Crippen LogP contribution in [-0.4, -0.2) is 17.8 Å². The molecule has 3 rings (SSSR count). The summed E-state index contributed by atoms with van der Waals surface area (Å²) < 4.78 is 0. The Hall–Kier alpha value is -0.770. The summed E-state index contributed by atoms with van der Waals surface area (Å²) in [6.45, 7) is 3.39. The van der Waals surface area contributed by atoms with E-state index in [9.17, 15) is 0 Å². The largest absolute Gasteiger partial charge is 0.313 e. The monoisotopic (exact) mass is 289 g/mol. The molecule has 2 unspecified atom stereocenters. The van der Waals surface area contributed by atoms with Crippen LogP contribution < -0.4 is 5.32 Å². The molecule has 1 nitrogen and oxygen atoms in total. The first kappa shape index (κ1) is 13.2. The number of thiophene rings is 1. The van der Waals surface area contributed by atoms with E-state index in [1.54, 1.807) is 0 Å². The number of hydrogen-bond donors (Lipinski definition) is 1. The number of thioether (sulfide) groups is 1. The van der Waals surface area contributed by atoms with Crippen LogP contribution in [0.25, 0.3) is 0 Å². The molecule has 1 aromatic carbocycles. The van der Waals surface area contributed by atoms with Crippen LogP contribution in [0, 0.1) is 0 Å². The van der Waals surface area contributed by atoms with E-state index >= 15 is 0 Å². The van der Waals surface area contributed by atoms with Gasteiger partial charge in [-0.05, 0) is 42.8 Å². The van der Waals surface area contributed by atoms with E-state index in [0.29, 0.717) is 11.3 Å². The van der Waals surface area contributed by atoms with Crippen molar-refractivity contribution in [2.75, 3.05) is 6.54 Å². The van der Waals surface area contributed by atoms with Crippen molar-refractivity contribution in [2.24, 2.45) is 0 Å². The van der Waals surface area contributed by atoms with E-state index in [1.165, 1.54) is 21.8 Å². The molecule has 0 bridgehead atoms. The van der Waals surface area contributed by atoms with Crippen molar-refractivity contribution in [3.63, 3.8) is 0 Å². The third-order valence-corrected chi connectivity index (χ3v) is 5.71. The molecule has 100 valence electrons. The molecule has 0 aliphatic carbocycles. The Morgan fingerprint density at radius 2 is 2.16 bits per heavy atom. The number of fused-ring (bicyclic) bond motifs is 1. The summed E-state index contributed by atoms with van der Waals surface area (Å²) in [6, 6.07) is 13.7. The van der Waals surface area contributed by atoms with Crippen molar-refractivity contribution >= 4 is 23.1 Å². The van der Waals surface area contributed by atoms with Gasteiger partial charge in [0.25, 0.3) is 0 Å². The molecule has 1 N–H and O–H groups in total. The van der Waals surface area contributed by atoms with Crippen LogP contribution >= 0.6 is 23.1 Å². The lowest BCUT2D eigenvalue weighted by atomic mass is 10.1. The van der Waals surface area contributed by atoms with Gasteiger partial charge in [-0.1, -0.05) is 24.3 Å². The molecular formula is C16H19NS2. The summed E-state index contributed by atoms with van der Waals surface area (Å²) in [7, 11) is 0. The van der Waals surface area contributed by atoms with Crippen molar-refractivity contribution in [3.05, 3.63) is 52.2 Å². The van der Waals surface area contributed by atoms with Gasteiger partial charge in [-0.15, -0.1) is 23.1 Å². The smallest absolute Gasteiger partial charge is 0.0260 e. The molecule has 2 heterocycles. The molecule has 2 atom stereocenters. The van der Waals surface area contributed by atoms with Gasteiger partial charge in [0.05, 0.1) is 0 Å². The lowest BCUT2D eigenvalue weighted by Gasteiger charge is -2.16. The molecule has 1 aliphatic rings. The van der Waals surface area contributed by atoms with E-state index in [1.807, 2.05) is 23.1 Å². The Labute approximate surface area is 123 Å². The molecule has 0 spiro atoms. The summed E-state index contributed by atoms with van der Waals surface area (Å²) in [5.41, 5.74) is 1.52. The Bertz CT molecular complexity index is 496. The van der Waals surface area contributed by atoms with Crippen molar-refractivity contribution in [1.82, 2.24) is 5.32 Å². The molecule has 0 radical (unpaired) electrons. The molecule has 1 aliphatic heterocycles. The van der Waals surface area contributed by atoms with Gasteiger partial charge in [0, 0.05) is 27.6 Å². The highest BCUT2D eigenvalue weighted by Crippen LogP contribution is 2.36. The maximum Gasteiger partial charge on any atom is 0.0260 e. The van der Waals surface area contributed by atoms with Crippen LogP contribution in [-0.2, 0) is 12.8 Å². The van der Waals surface area contributed by atoms with Crippen LogP contribution in [0.1, 0.15) is 17.4 Å². The Kier molecular flexibility index (Phi) is 4.26. The quantitative estimate of drug-likeness (QED) is 0.893. The normalized spacial score (nSPS) is 19.3. The molecule has 3 heteroatoms. The first-order valence-electron chi connectivity index (χ1n) is 6.81. The summed E-state index contributed by atoms with van der Waals surface area (Å²) in [4.78, 5) is 2.95. The topological polar surface area (TPSA) is 12.0 Å². The highest BCUT2D eigenvalue weighted by atomic mass is 32.2. The van der Waals surface area contributed by atoms with Crippen LogP contribution in [0.2, 0.25) is 0 Å². The fourth-order valence-electron chi connectivity index (χ4n) is 2.50. The highest BCUT2D eigenvalue weighted by Gasteiger charge is 2.21. The van der Waals surface area contributed by atoms with Gasteiger partial charge in [0.15, 0.2) is 0 Å². The molecule has 2 aromatic rings. The van der Waals surface area contributed by atoms with Crippen LogP contribution in [0.15, 0.2) is 46.7 Å². The summed E-state index contributed by atoms with van der Waals surface area (Å²) in [6.07, 6.45) is 2.35. The van der Waals surface area contributed by atoms with Gasteiger partial charge in [0.2, 0.25) is 0 Å². The van der Waals surface area contributed by atoms with Crippen molar-refractivity contribution in [3.8, 4) is 0 Å². The average Bonchev–Trinajstić information content (AvgIpc) is 3.04. The fourth-order valence-corrected chi connectivity index (χ4v) is 4.60. The van der Waals surface area contributed by atoms with Gasteiger partial charge in [-0.2, -0.15) is 0 Å². The van der Waals surface area contributed by atoms with Crippen molar-refractivity contribution in [1.29, 1.82) is 0 Å². The van der Waals surface area contributed by atoms with Crippen molar-refractivity contribution in [2.45, 2.75) is 36.0 Å². The average molecular weight is 289 g/mol. The second-order valence-electron chi connectivity index (χ2n) is 5.14. The van der Waals surface area contributed by atoms with E-state index in [-0.39, 0.29) is 0 Å². The Balaban J connectivity index is 1.46. The molecule has 0 saturated heterocycles. The predicted octanol–water partition coefficient (Wildman–Crippen LogP) is 3.99. The molecule has 0 fully saturated rings. The molecule has 0 amide bonds. The third kappa shape index (κ3) is 3.41. The minimum atomic E-state index is 0.558. The van der Waals surface area contributed by atoms with E-state index < -0.39 is 0 Å². The predicted molar refractivity (Wildman–Crippen MR) is 85.3 cm³/mol. The van der Waals surface area contributed by atoms with Gasteiger partial charge < -0.3 is 5.32 Å². The first-order chi connectivity index (χ1) is 9.31. The summed E-state index contributed by atoms with van der Waals surface area (Å²) >= 11 is 3.88. The lowest BCUT2D eigenvalue weighted by molar-refractivity contribution is 0.544. The second kappa shape index (κ2) is 6.12. The molecule has 19 heavy (non-hydrogen) atoms. The standard InChI is InChI=1S/C16H19NS2/c1-12(9-14-6-4-8-18-14)17-11-15-10-13-5-2-3-7-16(13)19-15/h2-8,12,15,17H,9-11H2,1H3. The molecule has 0 saturated carbocycles. The SMILES string of the molecule is CC(Cc1cccs1)NCC1Cc2ccccc2S1. The number of nitrogens with one attached hydrogen (secondary N) is 1. The maximum atomic E-state index is 3.68. The lowest BCUT2D eigenvalue weighted by Crippen LogP contribution is -2.33. The van der Waals surface area contributed by atoms with E-state index in [4.69, 9.17) is 0 Å². The van der Waals surface area contributed by atoms with E-state index in [2.05, 4.69) is 54.0 Å². The number of hydrogen-bond acceptors (Lipinski definition) is 3. The zero-order valence-electron chi connectivity index (χ0n) is 11.1. The Morgan fingerprint density at radius 3 is 2.95 bits per heavy atom. The highest BCUT2D eigenvalue weighted by molar-refractivity contribution is 8.00. The number of rotatable bonds is 5. The van der Waals surface area contributed by atoms with Crippen molar-refractivity contribution < 1.29 is 0 Å². The third-order valence-electron chi connectivity index (χ3n) is 3.50. The minimum Gasteiger partial charge on any atom is -0.313 e. The molecule has 1 aromatic heterocycles. The fraction of sp³-hybridized carbons (Fsp3) is 0.375. The van der Waals surface area contributed by atoms with Crippen LogP contribution in [0.5, 0.6) is 0 Å². The van der Waals surface area contributed by atoms with Gasteiger partial charge in [-0.25, -0.2) is 0 Å². The van der Waals surface area contributed by atoms with Crippen LogP contribution in [0.4, 0.5) is 0 Å². The van der Waals surface area contributed by atoms with Gasteiger partial charge >= 0.3 is 0 Å². The first-order valence-corrected chi connectivity index (χ1v) is 8.57. The van der Waals surface area contributed by atoms with Crippen LogP contribution in [0.3, 0.4) is 0 Å². The number of benzene rings is 1. The van der Waals surface area contributed by atoms with E-state index in [0.717, 1.165) is 13.0 Å². The zero-order chi connectivity index (χ0) is 13.1. The maximum absolute atomic E-state index is 3.68. The van der Waals surface area contributed by atoms with Gasteiger partial charge in [-0.3, -0.25) is 0 Å². The van der Waals surface area contributed by atoms with Gasteiger partial charge in [0.1, 0.15) is 0 Å². The second-order valence-corrected chi connectivity index (χ2v) is 7.52. The minimum absolute atomic E-state index is 0.558. The molecular weight excluding hydrogens is 270 g/mol. The summed E-state index contributed by atoms with van der Waals surface area (Å²) in [5, 5.41) is 6.54.